The fourth-order valence-corrected chi connectivity index (χ4v) is 2.55. The monoisotopic (exact) mass is 307 g/mol. The molecule has 0 bridgehead atoms. The predicted molar refractivity (Wildman–Crippen MR) is 81.1 cm³/mol. The molecule has 3 rings (SSSR count). The Morgan fingerprint density at radius 1 is 1.18 bits per heavy atom. The van der Waals surface area contributed by atoms with Gasteiger partial charge in [-0.25, -0.2) is 4.98 Å². The third-order valence-electron chi connectivity index (χ3n) is 3.73. The molecule has 0 saturated carbocycles. The number of anilines is 2. The van der Waals surface area contributed by atoms with Crippen molar-refractivity contribution in [1.29, 1.82) is 0 Å². The average Bonchev–Trinajstić information content (AvgIpc) is 2.68. The Hall–Kier alpha value is -2.24. The molecule has 0 radical (unpaired) electrons. The molecule has 0 spiro atoms. The number of hydrogen-bond acceptors (Lipinski definition) is 3. The first-order chi connectivity index (χ1) is 10.4. The Balaban J connectivity index is 2.01. The second-order valence-electron chi connectivity index (χ2n) is 5.34. The number of pyridine rings is 1. The molecule has 1 aliphatic rings. The SMILES string of the molecule is CN1CCCNc2nc(-c3cccc(C(F)(F)F)c3)ccc21. The highest BCUT2D eigenvalue weighted by Crippen LogP contribution is 2.33. The van der Waals surface area contributed by atoms with Crippen LogP contribution in [0.4, 0.5) is 24.7 Å². The molecule has 22 heavy (non-hydrogen) atoms. The molecule has 0 fully saturated rings. The van der Waals surface area contributed by atoms with Gasteiger partial charge >= 0.3 is 6.18 Å². The molecule has 0 aliphatic carbocycles. The van der Waals surface area contributed by atoms with Crippen LogP contribution in [0.2, 0.25) is 0 Å². The molecule has 6 heteroatoms. The van der Waals surface area contributed by atoms with Crippen LogP contribution in [0.1, 0.15) is 12.0 Å². The van der Waals surface area contributed by atoms with E-state index in [0.29, 0.717) is 11.3 Å². The molecule has 0 atom stereocenters. The molecule has 3 nitrogen and oxygen atoms in total. The lowest BCUT2D eigenvalue weighted by Crippen LogP contribution is -2.17. The first-order valence-electron chi connectivity index (χ1n) is 7.09. The van der Waals surface area contributed by atoms with Gasteiger partial charge in [-0.1, -0.05) is 12.1 Å². The van der Waals surface area contributed by atoms with Crippen LogP contribution in [0.5, 0.6) is 0 Å². The van der Waals surface area contributed by atoms with Crippen LogP contribution in [0.3, 0.4) is 0 Å². The van der Waals surface area contributed by atoms with E-state index in [-0.39, 0.29) is 0 Å². The van der Waals surface area contributed by atoms with Crippen LogP contribution in [-0.4, -0.2) is 25.1 Å². The summed E-state index contributed by atoms with van der Waals surface area (Å²) < 4.78 is 38.5. The minimum atomic E-state index is -4.35. The lowest BCUT2D eigenvalue weighted by atomic mass is 10.1. The van der Waals surface area contributed by atoms with Crippen LogP contribution in [0.15, 0.2) is 36.4 Å². The third kappa shape index (κ3) is 2.86. The van der Waals surface area contributed by atoms with E-state index in [2.05, 4.69) is 15.2 Å². The third-order valence-corrected chi connectivity index (χ3v) is 3.73. The van der Waals surface area contributed by atoms with Crippen molar-refractivity contribution in [2.75, 3.05) is 30.4 Å². The lowest BCUT2D eigenvalue weighted by molar-refractivity contribution is -0.137. The molecule has 0 amide bonds. The van der Waals surface area contributed by atoms with Gasteiger partial charge < -0.3 is 10.2 Å². The van der Waals surface area contributed by atoms with E-state index in [0.717, 1.165) is 43.1 Å². The van der Waals surface area contributed by atoms with Gasteiger partial charge in [-0.05, 0) is 30.7 Å². The minimum Gasteiger partial charge on any atom is -0.372 e. The number of nitrogens with zero attached hydrogens (tertiary/aromatic N) is 2. The maximum absolute atomic E-state index is 12.8. The Kier molecular flexibility index (Phi) is 3.68. The van der Waals surface area contributed by atoms with Crippen molar-refractivity contribution in [3.05, 3.63) is 42.0 Å². The summed E-state index contributed by atoms with van der Waals surface area (Å²) >= 11 is 0. The van der Waals surface area contributed by atoms with Gasteiger partial charge in [0.1, 0.15) is 5.82 Å². The standard InChI is InChI=1S/C16H16F3N3/c1-22-9-3-8-20-15-14(22)7-6-13(21-15)11-4-2-5-12(10-11)16(17,18)19/h2,4-7,10H,3,8-9H2,1H3,(H,20,21). The van der Waals surface area contributed by atoms with Crippen molar-refractivity contribution >= 4 is 11.5 Å². The lowest BCUT2D eigenvalue weighted by Gasteiger charge is -2.18. The summed E-state index contributed by atoms with van der Waals surface area (Å²) in [7, 11) is 1.98. The predicted octanol–water partition coefficient (Wildman–Crippen LogP) is 4.02. The molecule has 1 N–H and O–H groups in total. The zero-order chi connectivity index (χ0) is 15.7. The first-order valence-corrected chi connectivity index (χ1v) is 7.09. The summed E-state index contributed by atoms with van der Waals surface area (Å²) in [6.45, 7) is 1.72. The number of alkyl halides is 3. The maximum Gasteiger partial charge on any atom is 0.416 e. The normalized spacial score (nSPS) is 15.0. The van der Waals surface area contributed by atoms with Gasteiger partial charge in [0, 0.05) is 25.7 Å². The number of fused-ring (bicyclic) bond motifs is 1. The zero-order valence-corrected chi connectivity index (χ0v) is 12.1. The van der Waals surface area contributed by atoms with Crippen molar-refractivity contribution in [2.24, 2.45) is 0 Å². The van der Waals surface area contributed by atoms with Gasteiger partial charge in [-0.3, -0.25) is 0 Å². The molecule has 1 aliphatic heterocycles. The van der Waals surface area contributed by atoms with Crippen LogP contribution in [0, 0.1) is 0 Å². The van der Waals surface area contributed by atoms with Gasteiger partial charge in [0.15, 0.2) is 0 Å². The number of aromatic nitrogens is 1. The second kappa shape index (κ2) is 5.51. The summed E-state index contributed by atoms with van der Waals surface area (Å²) in [5.74, 6) is 0.718. The van der Waals surface area contributed by atoms with Gasteiger partial charge in [-0.2, -0.15) is 13.2 Å². The molecule has 1 aromatic heterocycles. The Morgan fingerprint density at radius 2 is 2.00 bits per heavy atom. The van der Waals surface area contributed by atoms with E-state index in [1.807, 2.05) is 13.1 Å². The summed E-state index contributed by atoms with van der Waals surface area (Å²) in [6, 6.07) is 8.91. The molecule has 0 saturated heterocycles. The quantitative estimate of drug-likeness (QED) is 0.862. The molecule has 2 aromatic rings. The number of halogens is 3. The highest BCUT2D eigenvalue weighted by molar-refractivity contribution is 5.72. The van der Waals surface area contributed by atoms with E-state index in [1.165, 1.54) is 6.07 Å². The summed E-state index contributed by atoms with van der Waals surface area (Å²) in [5.41, 5.74) is 1.30. The average molecular weight is 307 g/mol. The van der Waals surface area contributed by atoms with E-state index in [4.69, 9.17) is 0 Å². The largest absolute Gasteiger partial charge is 0.416 e. The summed E-state index contributed by atoms with van der Waals surface area (Å²) in [5, 5.41) is 3.24. The topological polar surface area (TPSA) is 28.2 Å². The highest BCUT2D eigenvalue weighted by atomic mass is 19.4. The molecule has 116 valence electrons. The van der Waals surface area contributed by atoms with Crippen molar-refractivity contribution in [2.45, 2.75) is 12.6 Å². The fourth-order valence-electron chi connectivity index (χ4n) is 2.55. The van der Waals surface area contributed by atoms with Crippen LogP contribution in [0.25, 0.3) is 11.3 Å². The van der Waals surface area contributed by atoms with Crippen molar-refractivity contribution in [3.63, 3.8) is 0 Å². The molecule has 2 heterocycles. The van der Waals surface area contributed by atoms with E-state index < -0.39 is 11.7 Å². The van der Waals surface area contributed by atoms with Gasteiger partial charge in [0.2, 0.25) is 0 Å². The van der Waals surface area contributed by atoms with Crippen LogP contribution < -0.4 is 10.2 Å². The van der Waals surface area contributed by atoms with Crippen molar-refractivity contribution < 1.29 is 13.2 Å². The Bertz CT molecular complexity index is 683. The van der Waals surface area contributed by atoms with Crippen LogP contribution in [-0.2, 0) is 6.18 Å². The minimum absolute atomic E-state index is 0.464. The smallest absolute Gasteiger partial charge is 0.372 e. The fraction of sp³-hybridized carbons (Fsp3) is 0.312. The maximum atomic E-state index is 12.8. The summed E-state index contributed by atoms with van der Waals surface area (Å²) in [4.78, 5) is 6.59. The number of rotatable bonds is 1. The van der Waals surface area contributed by atoms with E-state index in [9.17, 15) is 13.2 Å². The molecular weight excluding hydrogens is 291 g/mol. The molecular formula is C16H16F3N3. The second-order valence-corrected chi connectivity index (χ2v) is 5.34. The number of benzene rings is 1. The molecule has 0 unspecified atom stereocenters. The highest BCUT2D eigenvalue weighted by Gasteiger charge is 2.30. The van der Waals surface area contributed by atoms with Crippen molar-refractivity contribution in [3.8, 4) is 11.3 Å². The Morgan fingerprint density at radius 3 is 2.77 bits per heavy atom. The zero-order valence-electron chi connectivity index (χ0n) is 12.1. The van der Waals surface area contributed by atoms with Gasteiger partial charge in [-0.15, -0.1) is 0 Å². The Labute approximate surface area is 126 Å². The summed E-state index contributed by atoms with van der Waals surface area (Å²) in [6.07, 6.45) is -3.36. The number of hydrogen-bond donors (Lipinski definition) is 1. The number of nitrogens with one attached hydrogen (secondary N) is 1. The van der Waals surface area contributed by atoms with Crippen molar-refractivity contribution in [1.82, 2.24) is 4.98 Å². The van der Waals surface area contributed by atoms with Crippen LogP contribution >= 0.6 is 0 Å². The van der Waals surface area contributed by atoms with E-state index in [1.54, 1.807) is 12.1 Å². The molecule has 1 aromatic carbocycles. The van der Waals surface area contributed by atoms with Gasteiger partial charge in [0.25, 0.3) is 0 Å². The van der Waals surface area contributed by atoms with E-state index >= 15 is 0 Å². The van der Waals surface area contributed by atoms with Gasteiger partial charge in [0.05, 0.1) is 16.9 Å². The first kappa shape index (κ1) is 14.7.